The Morgan fingerprint density at radius 3 is 2.58 bits per heavy atom. The van der Waals surface area contributed by atoms with Gasteiger partial charge in [-0.2, -0.15) is 0 Å². The Hall–Kier alpha value is -0.570. The van der Waals surface area contributed by atoms with Gasteiger partial charge in [0.1, 0.15) is 6.10 Å². The summed E-state index contributed by atoms with van der Waals surface area (Å²) in [6.07, 6.45) is -0.0627. The molecule has 0 aromatic carbocycles. The van der Waals surface area contributed by atoms with E-state index in [4.69, 9.17) is 4.74 Å². The lowest BCUT2D eigenvalue weighted by molar-refractivity contribution is -0.171. The molecular weight excluding hydrogens is 156 g/mol. The summed E-state index contributed by atoms with van der Waals surface area (Å²) in [6.45, 7) is 5.67. The molecule has 1 rings (SSSR count). The van der Waals surface area contributed by atoms with Crippen LogP contribution < -0.4 is 0 Å². The Morgan fingerprint density at radius 2 is 2.17 bits per heavy atom. The number of aliphatic hydroxyl groups is 1. The molecular formula is C9H16O3. The fourth-order valence-electron chi connectivity index (χ4n) is 1.31. The summed E-state index contributed by atoms with van der Waals surface area (Å²) in [4.78, 5) is 11.1. The Labute approximate surface area is 72.7 Å². The molecule has 1 saturated heterocycles. The van der Waals surface area contributed by atoms with Gasteiger partial charge in [0.15, 0.2) is 0 Å². The summed E-state index contributed by atoms with van der Waals surface area (Å²) in [5, 5.41) is 9.47. The molecule has 0 aliphatic carbocycles. The van der Waals surface area contributed by atoms with Gasteiger partial charge >= 0.3 is 5.97 Å². The molecule has 0 saturated carbocycles. The number of cyclic esters (lactones) is 1. The lowest BCUT2D eigenvalue weighted by Gasteiger charge is -2.32. The minimum atomic E-state index is -0.529. The van der Waals surface area contributed by atoms with Crippen molar-refractivity contribution in [3.63, 3.8) is 0 Å². The lowest BCUT2D eigenvalue weighted by Crippen LogP contribution is -2.41. The minimum Gasteiger partial charge on any atom is -0.462 e. The van der Waals surface area contributed by atoms with E-state index < -0.39 is 6.10 Å². The van der Waals surface area contributed by atoms with Gasteiger partial charge in [-0.25, -0.2) is 0 Å². The van der Waals surface area contributed by atoms with Crippen LogP contribution in [0, 0.1) is 11.8 Å². The largest absolute Gasteiger partial charge is 0.462 e. The Balaban J connectivity index is 2.59. The van der Waals surface area contributed by atoms with E-state index in [1.807, 2.05) is 13.8 Å². The fourth-order valence-corrected chi connectivity index (χ4v) is 1.31. The molecule has 1 aliphatic heterocycles. The average Bonchev–Trinajstić information content (AvgIpc) is 1.99. The van der Waals surface area contributed by atoms with Crippen LogP contribution in [0.5, 0.6) is 0 Å². The normalized spacial score (nSPS) is 36.8. The summed E-state index contributed by atoms with van der Waals surface area (Å²) >= 11 is 0. The van der Waals surface area contributed by atoms with Crippen LogP contribution in [0.1, 0.15) is 27.2 Å². The first-order chi connectivity index (χ1) is 5.52. The highest BCUT2D eigenvalue weighted by Gasteiger charge is 2.35. The zero-order valence-electron chi connectivity index (χ0n) is 7.78. The quantitative estimate of drug-likeness (QED) is 0.599. The number of esters is 1. The topological polar surface area (TPSA) is 46.5 Å². The number of rotatable bonds is 1. The smallest absolute Gasteiger partial charge is 0.311 e. The minimum absolute atomic E-state index is 0.108. The highest BCUT2D eigenvalue weighted by molar-refractivity contribution is 5.73. The molecule has 0 spiro atoms. The maximum Gasteiger partial charge on any atom is 0.311 e. The number of carbonyl (C=O) groups is 1. The van der Waals surface area contributed by atoms with Crippen molar-refractivity contribution in [2.45, 2.75) is 39.4 Å². The first-order valence-corrected chi connectivity index (χ1v) is 4.41. The Kier molecular flexibility index (Phi) is 2.73. The lowest BCUT2D eigenvalue weighted by atomic mass is 9.91. The van der Waals surface area contributed by atoms with Crippen LogP contribution in [-0.4, -0.2) is 23.3 Å². The standard InChI is InChI=1S/C9H16O3/c1-5(2)8-4-7(10)6(3)9(11)12-8/h5-8,10H,4H2,1-3H3/t6-,7-,8-/m0/s1. The van der Waals surface area contributed by atoms with Gasteiger partial charge in [-0.1, -0.05) is 13.8 Å². The van der Waals surface area contributed by atoms with Crippen molar-refractivity contribution >= 4 is 5.97 Å². The van der Waals surface area contributed by atoms with E-state index in [9.17, 15) is 9.90 Å². The first kappa shape index (κ1) is 9.52. The maximum absolute atomic E-state index is 11.1. The molecule has 12 heavy (non-hydrogen) atoms. The van der Waals surface area contributed by atoms with E-state index in [2.05, 4.69) is 0 Å². The Bertz CT molecular complexity index is 177. The van der Waals surface area contributed by atoms with Gasteiger partial charge in [0.25, 0.3) is 0 Å². The van der Waals surface area contributed by atoms with E-state index in [1.165, 1.54) is 0 Å². The third kappa shape index (κ3) is 1.78. The molecule has 0 unspecified atom stereocenters. The molecule has 1 N–H and O–H groups in total. The van der Waals surface area contributed by atoms with Crippen LogP contribution in [0.4, 0.5) is 0 Å². The molecule has 1 fully saturated rings. The van der Waals surface area contributed by atoms with Gasteiger partial charge in [0.05, 0.1) is 12.0 Å². The number of hydrogen-bond acceptors (Lipinski definition) is 3. The number of aliphatic hydroxyl groups excluding tert-OH is 1. The van der Waals surface area contributed by atoms with E-state index in [1.54, 1.807) is 6.92 Å². The van der Waals surface area contributed by atoms with Gasteiger partial charge in [0.2, 0.25) is 0 Å². The van der Waals surface area contributed by atoms with Crippen molar-refractivity contribution < 1.29 is 14.6 Å². The highest BCUT2D eigenvalue weighted by Crippen LogP contribution is 2.24. The predicted octanol–water partition coefficient (Wildman–Crippen LogP) is 0.955. The Morgan fingerprint density at radius 1 is 1.58 bits per heavy atom. The molecule has 0 aromatic rings. The second kappa shape index (κ2) is 3.44. The first-order valence-electron chi connectivity index (χ1n) is 4.41. The van der Waals surface area contributed by atoms with Crippen molar-refractivity contribution in [3.05, 3.63) is 0 Å². The van der Waals surface area contributed by atoms with Crippen LogP contribution >= 0.6 is 0 Å². The van der Waals surface area contributed by atoms with Crippen molar-refractivity contribution in [1.82, 2.24) is 0 Å². The van der Waals surface area contributed by atoms with Gasteiger partial charge in [-0.3, -0.25) is 4.79 Å². The predicted molar refractivity (Wildman–Crippen MR) is 44.5 cm³/mol. The monoisotopic (exact) mass is 172 g/mol. The molecule has 1 heterocycles. The van der Waals surface area contributed by atoms with Gasteiger partial charge in [-0.05, 0) is 12.8 Å². The molecule has 0 amide bonds. The average molecular weight is 172 g/mol. The van der Waals surface area contributed by atoms with Gasteiger partial charge in [0, 0.05) is 6.42 Å². The summed E-state index contributed by atoms with van der Waals surface area (Å²) in [6, 6.07) is 0. The van der Waals surface area contributed by atoms with Crippen molar-refractivity contribution in [1.29, 1.82) is 0 Å². The molecule has 70 valence electrons. The summed E-state index contributed by atoms with van der Waals surface area (Å²) < 4.78 is 5.13. The van der Waals surface area contributed by atoms with Crippen LogP contribution in [0.2, 0.25) is 0 Å². The van der Waals surface area contributed by atoms with Crippen LogP contribution in [-0.2, 0) is 9.53 Å². The fraction of sp³-hybridized carbons (Fsp3) is 0.889. The number of hydrogen-bond donors (Lipinski definition) is 1. The van der Waals surface area contributed by atoms with E-state index in [0.29, 0.717) is 6.42 Å². The van der Waals surface area contributed by atoms with Crippen molar-refractivity contribution in [3.8, 4) is 0 Å². The second-order valence-electron chi connectivity index (χ2n) is 3.81. The highest BCUT2D eigenvalue weighted by atomic mass is 16.5. The molecule has 0 bridgehead atoms. The summed E-state index contributed by atoms with van der Waals surface area (Å²) in [5.41, 5.74) is 0. The molecule has 3 atom stereocenters. The third-order valence-electron chi connectivity index (χ3n) is 2.43. The van der Waals surface area contributed by atoms with Gasteiger partial charge in [-0.15, -0.1) is 0 Å². The SMILES string of the molecule is CC(C)[C@@H]1C[C@H](O)[C@H](C)C(=O)O1. The zero-order valence-corrected chi connectivity index (χ0v) is 7.78. The zero-order chi connectivity index (χ0) is 9.30. The number of carbonyl (C=O) groups excluding carboxylic acids is 1. The van der Waals surface area contributed by atoms with Crippen LogP contribution in [0.15, 0.2) is 0 Å². The van der Waals surface area contributed by atoms with E-state index >= 15 is 0 Å². The van der Waals surface area contributed by atoms with E-state index in [0.717, 1.165) is 0 Å². The third-order valence-corrected chi connectivity index (χ3v) is 2.43. The van der Waals surface area contributed by atoms with Crippen molar-refractivity contribution in [2.75, 3.05) is 0 Å². The van der Waals surface area contributed by atoms with Crippen molar-refractivity contribution in [2.24, 2.45) is 11.8 Å². The second-order valence-corrected chi connectivity index (χ2v) is 3.81. The number of ether oxygens (including phenoxy) is 1. The van der Waals surface area contributed by atoms with Crippen LogP contribution in [0.3, 0.4) is 0 Å². The van der Waals surface area contributed by atoms with Crippen LogP contribution in [0.25, 0.3) is 0 Å². The molecule has 3 nitrogen and oxygen atoms in total. The molecule has 0 radical (unpaired) electrons. The molecule has 1 aliphatic rings. The molecule has 0 aromatic heterocycles. The molecule has 3 heteroatoms. The van der Waals surface area contributed by atoms with Gasteiger partial charge < -0.3 is 9.84 Å². The summed E-state index contributed by atoms with van der Waals surface area (Å²) in [5.74, 6) is -0.344. The summed E-state index contributed by atoms with van der Waals surface area (Å²) in [7, 11) is 0. The maximum atomic E-state index is 11.1. The van der Waals surface area contributed by atoms with E-state index in [-0.39, 0.29) is 23.9 Å².